The predicted octanol–water partition coefficient (Wildman–Crippen LogP) is 4.21. The Labute approximate surface area is 153 Å². The molecule has 1 fully saturated rings. The third-order valence-electron chi connectivity index (χ3n) is 5.18. The minimum atomic E-state index is -0.217. The van der Waals surface area contributed by atoms with Crippen molar-refractivity contribution in [3.63, 3.8) is 0 Å². The van der Waals surface area contributed by atoms with Crippen LogP contribution in [0.15, 0.2) is 24.4 Å². The fourth-order valence-electron chi connectivity index (χ4n) is 3.88. The van der Waals surface area contributed by atoms with Gasteiger partial charge in [-0.05, 0) is 63.9 Å². The molecule has 0 aliphatic carbocycles. The summed E-state index contributed by atoms with van der Waals surface area (Å²) in [5.41, 5.74) is 5.33. The van der Waals surface area contributed by atoms with Crippen molar-refractivity contribution in [3.05, 3.63) is 41.6 Å². The van der Waals surface area contributed by atoms with Crippen LogP contribution in [0, 0.1) is 25.6 Å². The molecule has 25 heavy (non-hydrogen) atoms. The fourth-order valence-corrected chi connectivity index (χ4v) is 3.88. The number of fused-ring (bicyclic) bond motifs is 1. The van der Waals surface area contributed by atoms with Crippen LogP contribution in [0.3, 0.4) is 0 Å². The third kappa shape index (κ3) is 3.31. The molecule has 2 N–H and O–H groups in total. The first-order valence-electron chi connectivity index (χ1n) is 8.65. The minimum absolute atomic E-state index is 0. The quantitative estimate of drug-likeness (QED) is 0.733. The monoisotopic (exact) mass is 362 g/mol. The molecular formula is C19H24ClFN4. The summed E-state index contributed by atoms with van der Waals surface area (Å²) >= 11 is 0. The lowest BCUT2D eigenvalue weighted by Crippen LogP contribution is -2.30. The molecule has 0 radical (unpaired) electrons. The van der Waals surface area contributed by atoms with Gasteiger partial charge in [-0.2, -0.15) is 5.10 Å². The molecule has 134 valence electrons. The Morgan fingerprint density at radius 1 is 1.24 bits per heavy atom. The Morgan fingerprint density at radius 2 is 2.00 bits per heavy atom. The van der Waals surface area contributed by atoms with Crippen molar-refractivity contribution in [3.8, 4) is 11.1 Å². The lowest BCUT2D eigenvalue weighted by molar-refractivity contribution is 0.318. The van der Waals surface area contributed by atoms with E-state index in [1.54, 1.807) is 6.07 Å². The van der Waals surface area contributed by atoms with Gasteiger partial charge >= 0.3 is 0 Å². The number of aryl methyl sites for hydroxylation is 1. The second kappa shape index (κ2) is 7.18. The molecule has 6 heteroatoms. The molecule has 3 aromatic rings. The van der Waals surface area contributed by atoms with Crippen molar-refractivity contribution in [2.75, 3.05) is 13.1 Å². The number of nitrogens with one attached hydrogen (secondary N) is 2. The zero-order valence-electron chi connectivity index (χ0n) is 14.6. The van der Waals surface area contributed by atoms with E-state index in [2.05, 4.69) is 28.8 Å². The Hall–Kier alpha value is -1.85. The Kier molecular flexibility index (Phi) is 5.16. The number of hydrogen-bond donors (Lipinski definition) is 2. The maximum absolute atomic E-state index is 13.4. The topological polar surface area (TPSA) is 45.6 Å². The zero-order chi connectivity index (χ0) is 16.7. The molecule has 1 saturated heterocycles. The van der Waals surface area contributed by atoms with Crippen LogP contribution >= 0.6 is 12.4 Å². The summed E-state index contributed by atoms with van der Waals surface area (Å²) in [4.78, 5) is 3.19. The normalized spacial score (nSPS) is 15.5. The van der Waals surface area contributed by atoms with Crippen LogP contribution in [0.4, 0.5) is 4.39 Å². The molecule has 0 saturated carbocycles. The van der Waals surface area contributed by atoms with Gasteiger partial charge in [0.15, 0.2) is 0 Å². The molecule has 1 aliphatic heterocycles. The molecule has 4 nitrogen and oxygen atoms in total. The molecule has 2 aromatic heterocycles. The van der Waals surface area contributed by atoms with Gasteiger partial charge in [0, 0.05) is 40.5 Å². The molecule has 0 atom stereocenters. The van der Waals surface area contributed by atoms with E-state index in [-0.39, 0.29) is 18.2 Å². The van der Waals surface area contributed by atoms with E-state index in [0.29, 0.717) is 5.92 Å². The van der Waals surface area contributed by atoms with Crippen molar-refractivity contribution in [1.82, 2.24) is 20.1 Å². The number of rotatable bonds is 3. The van der Waals surface area contributed by atoms with Gasteiger partial charge in [0.25, 0.3) is 0 Å². The number of aromatic nitrogens is 3. The first-order chi connectivity index (χ1) is 11.6. The summed E-state index contributed by atoms with van der Waals surface area (Å²) in [5.74, 6) is 0.472. The van der Waals surface area contributed by atoms with Gasteiger partial charge in [0.1, 0.15) is 5.82 Å². The van der Waals surface area contributed by atoms with Gasteiger partial charge in [-0.15, -0.1) is 12.4 Å². The minimum Gasteiger partial charge on any atom is -0.360 e. The molecule has 1 aliphatic rings. The van der Waals surface area contributed by atoms with Crippen molar-refractivity contribution >= 4 is 23.3 Å². The van der Waals surface area contributed by atoms with Gasteiger partial charge in [-0.25, -0.2) is 4.39 Å². The second-order valence-corrected chi connectivity index (χ2v) is 6.81. The lowest BCUT2D eigenvalue weighted by Gasteiger charge is -2.23. The van der Waals surface area contributed by atoms with E-state index >= 15 is 0 Å². The number of hydrogen-bond acceptors (Lipinski definition) is 2. The Bertz CT molecular complexity index is 877. The molecule has 1 aromatic carbocycles. The number of halogens is 2. The second-order valence-electron chi connectivity index (χ2n) is 6.81. The predicted molar refractivity (Wildman–Crippen MR) is 102 cm³/mol. The van der Waals surface area contributed by atoms with Crippen molar-refractivity contribution in [2.24, 2.45) is 5.92 Å². The summed E-state index contributed by atoms with van der Waals surface area (Å²) in [6.07, 6.45) is 4.38. The summed E-state index contributed by atoms with van der Waals surface area (Å²) in [6.45, 7) is 7.38. The average molecular weight is 363 g/mol. The van der Waals surface area contributed by atoms with E-state index in [1.165, 1.54) is 30.2 Å². The summed E-state index contributed by atoms with van der Waals surface area (Å²) in [6, 6.07) is 4.91. The van der Waals surface area contributed by atoms with Gasteiger partial charge < -0.3 is 10.3 Å². The zero-order valence-corrected chi connectivity index (χ0v) is 15.4. The molecule has 4 rings (SSSR count). The number of aromatic amines is 1. The molecule has 0 amide bonds. The van der Waals surface area contributed by atoms with E-state index in [0.717, 1.165) is 41.8 Å². The molecule has 0 spiro atoms. The van der Waals surface area contributed by atoms with Gasteiger partial charge in [-0.1, -0.05) is 0 Å². The number of piperidine rings is 1. The largest absolute Gasteiger partial charge is 0.360 e. The van der Waals surface area contributed by atoms with Gasteiger partial charge in [0.2, 0.25) is 0 Å². The SMILES string of the molecule is Cc1nn(CC2CCNCC2)c(C)c1-c1c[nH]c2cc(F)ccc12.Cl. The average Bonchev–Trinajstić information content (AvgIpc) is 3.09. The maximum atomic E-state index is 13.4. The van der Waals surface area contributed by atoms with Crippen LogP contribution < -0.4 is 5.32 Å². The maximum Gasteiger partial charge on any atom is 0.125 e. The van der Waals surface area contributed by atoms with Crippen LogP contribution in [0.1, 0.15) is 24.2 Å². The smallest absolute Gasteiger partial charge is 0.125 e. The summed E-state index contributed by atoms with van der Waals surface area (Å²) in [7, 11) is 0. The fraction of sp³-hybridized carbons (Fsp3) is 0.421. The summed E-state index contributed by atoms with van der Waals surface area (Å²) in [5, 5.41) is 9.25. The highest BCUT2D eigenvalue weighted by atomic mass is 35.5. The van der Waals surface area contributed by atoms with E-state index in [4.69, 9.17) is 5.10 Å². The van der Waals surface area contributed by atoms with Gasteiger partial charge in [0.05, 0.1) is 5.69 Å². The van der Waals surface area contributed by atoms with Gasteiger partial charge in [-0.3, -0.25) is 4.68 Å². The van der Waals surface area contributed by atoms with E-state index in [9.17, 15) is 4.39 Å². The lowest BCUT2D eigenvalue weighted by atomic mass is 9.98. The van der Waals surface area contributed by atoms with E-state index < -0.39 is 0 Å². The van der Waals surface area contributed by atoms with Crippen LogP contribution in [-0.2, 0) is 6.54 Å². The molecule has 0 bridgehead atoms. The Balaban J connectivity index is 0.00000182. The van der Waals surface area contributed by atoms with Crippen molar-refractivity contribution < 1.29 is 4.39 Å². The van der Waals surface area contributed by atoms with Crippen LogP contribution in [0.25, 0.3) is 22.0 Å². The van der Waals surface area contributed by atoms with Crippen LogP contribution in [0.5, 0.6) is 0 Å². The van der Waals surface area contributed by atoms with Crippen molar-refractivity contribution in [2.45, 2.75) is 33.2 Å². The summed E-state index contributed by atoms with van der Waals surface area (Å²) < 4.78 is 15.6. The van der Waals surface area contributed by atoms with Crippen LogP contribution in [-0.4, -0.2) is 27.9 Å². The van der Waals surface area contributed by atoms with Crippen LogP contribution in [0.2, 0.25) is 0 Å². The molecule has 0 unspecified atom stereocenters. The number of nitrogens with zero attached hydrogens (tertiary/aromatic N) is 2. The number of H-pyrrole nitrogens is 1. The Morgan fingerprint density at radius 3 is 2.76 bits per heavy atom. The van der Waals surface area contributed by atoms with Crippen molar-refractivity contribution in [1.29, 1.82) is 0 Å². The number of benzene rings is 1. The highest BCUT2D eigenvalue weighted by Crippen LogP contribution is 2.34. The highest BCUT2D eigenvalue weighted by Gasteiger charge is 2.20. The molecular weight excluding hydrogens is 339 g/mol. The van der Waals surface area contributed by atoms with E-state index in [1.807, 2.05) is 12.3 Å². The standard InChI is InChI=1S/C19H23FN4.ClH/c1-12-19(17-10-22-18-9-15(20)3-4-16(17)18)13(2)24(23-12)11-14-5-7-21-8-6-14;/h3-4,9-10,14,21-22H,5-8,11H2,1-2H3;1H. The highest BCUT2D eigenvalue weighted by molar-refractivity contribution is 5.96. The third-order valence-corrected chi connectivity index (χ3v) is 5.18. The molecule has 3 heterocycles. The first kappa shape index (κ1) is 18.0. The first-order valence-corrected chi connectivity index (χ1v) is 8.65.